The SMILES string of the molecule is CCOC1CC(Nc2ccsc2)C1(C)C. The number of rotatable bonds is 4. The molecule has 2 rings (SSSR count). The highest BCUT2D eigenvalue weighted by atomic mass is 32.1. The van der Waals surface area contributed by atoms with Crippen LogP contribution in [0.15, 0.2) is 16.8 Å². The van der Waals surface area contributed by atoms with Crippen LogP contribution in [0.5, 0.6) is 0 Å². The van der Waals surface area contributed by atoms with Crippen LogP contribution in [-0.4, -0.2) is 18.8 Å². The van der Waals surface area contributed by atoms with Gasteiger partial charge in [0.1, 0.15) is 0 Å². The molecule has 84 valence electrons. The van der Waals surface area contributed by atoms with Gasteiger partial charge in [0.05, 0.1) is 6.10 Å². The van der Waals surface area contributed by atoms with E-state index in [9.17, 15) is 0 Å². The predicted octanol–water partition coefficient (Wildman–Crippen LogP) is 3.36. The second-order valence-corrected chi connectivity index (χ2v) is 5.49. The summed E-state index contributed by atoms with van der Waals surface area (Å²) in [5.41, 5.74) is 1.49. The predicted molar refractivity (Wildman–Crippen MR) is 65.5 cm³/mol. The molecule has 1 aromatic rings. The molecule has 0 aliphatic heterocycles. The highest BCUT2D eigenvalue weighted by molar-refractivity contribution is 7.08. The van der Waals surface area contributed by atoms with Crippen LogP contribution in [0.25, 0.3) is 0 Å². The van der Waals surface area contributed by atoms with E-state index in [-0.39, 0.29) is 5.41 Å². The van der Waals surface area contributed by atoms with E-state index in [2.05, 4.69) is 42.9 Å². The van der Waals surface area contributed by atoms with Crippen molar-refractivity contribution in [3.8, 4) is 0 Å². The second kappa shape index (κ2) is 4.14. The number of thiophene rings is 1. The minimum Gasteiger partial charge on any atom is -0.381 e. The zero-order valence-electron chi connectivity index (χ0n) is 9.62. The molecule has 0 spiro atoms. The van der Waals surface area contributed by atoms with Gasteiger partial charge in [-0.25, -0.2) is 0 Å². The van der Waals surface area contributed by atoms with Crippen molar-refractivity contribution in [3.63, 3.8) is 0 Å². The van der Waals surface area contributed by atoms with Crippen molar-refractivity contribution in [2.45, 2.75) is 39.3 Å². The first-order chi connectivity index (χ1) is 7.14. The largest absolute Gasteiger partial charge is 0.381 e. The fraction of sp³-hybridized carbons (Fsp3) is 0.667. The Morgan fingerprint density at radius 1 is 1.60 bits per heavy atom. The molecule has 2 unspecified atom stereocenters. The summed E-state index contributed by atoms with van der Waals surface area (Å²) in [6.45, 7) is 7.44. The van der Waals surface area contributed by atoms with Crippen molar-refractivity contribution >= 4 is 17.0 Å². The van der Waals surface area contributed by atoms with Crippen molar-refractivity contribution in [2.24, 2.45) is 5.41 Å². The van der Waals surface area contributed by atoms with E-state index >= 15 is 0 Å². The van der Waals surface area contributed by atoms with Gasteiger partial charge >= 0.3 is 0 Å². The Morgan fingerprint density at radius 2 is 2.40 bits per heavy atom. The molecule has 2 atom stereocenters. The Morgan fingerprint density at radius 3 is 2.93 bits per heavy atom. The van der Waals surface area contributed by atoms with Crippen LogP contribution in [0.1, 0.15) is 27.2 Å². The Balaban J connectivity index is 1.92. The van der Waals surface area contributed by atoms with E-state index < -0.39 is 0 Å². The summed E-state index contributed by atoms with van der Waals surface area (Å²) in [6, 6.07) is 2.68. The molecule has 2 nitrogen and oxygen atoms in total. The maximum absolute atomic E-state index is 5.71. The quantitative estimate of drug-likeness (QED) is 0.848. The lowest BCUT2D eigenvalue weighted by Crippen LogP contribution is -2.58. The van der Waals surface area contributed by atoms with Gasteiger partial charge in [-0.3, -0.25) is 0 Å². The van der Waals surface area contributed by atoms with E-state index in [4.69, 9.17) is 4.74 Å². The fourth-order valence-corrected chi connectivity index (χ4v) is 2.76. The van der Waals surface area contributed by atoms with Gasteiger partial charge in [0.2, 0.25) is 0 Å². The molecule has 3 heteroatoms. The maximum atomic E-state index is 5.71. The summed E-state index contributed by atoms with van der Waals surface area (Å²) in [6.07, 6.45) is 1.54. The zero-order chi connectivity index (χ0) is 10.9. The lowest BCUT2D eigenvalue weighted by Gasteiger charge is -2.51. The summed E-state index contributed by atoms with van der Waals surface area (Å²) in [5.74, 6) is 0. The van der Waals surface area contributed by atoms with Crippen molar-refractivity contribution in [2.75, 3.05) is 11.9 Å². The average molecular weight is 225 g/mol. The van der Waals surface area contributed by atoms with Crippen molar-refractivity contribution in [1.82, 2.24) is 0 Å². The first-order valence-electron chi connectivity index (χ1n) is 5.55. The van der Waals surface area contributed by atoms with Crippen molar-refractivity contribution in [1.29, 1.82) is 0 Å². The Labute approximate surface area is 95.6 Å². The molecule has 15 heavy (non-hydrogen) atoms. The molecule has 1 aliphatic rings. The van der Waals surface area contributed by atoms with E-state index in [0.717, 1.165) is 13.0 Å². The average Bonchev–Trinajstić information content (AvgIpc) is 2.69. The standard InChI is InChI=1S/C12H19NOS/c1-4-14-11-7-10(12(11,2)3)13-9-5-6-15-8-9/h5-6,8,10-11,13H,4,7H2,1-3H3. The number of hydrogen-bond donors (Lipinski definition) is 1. The van der Waals surface area contributed by atoms with Gasteiger partial charge in [-0.1, -0.05) is 13.8 Å². The molecule has 1 saturated carbocycles. The summed E-state index contributed by atoms with van der Waals surface area (Å²) in [4.78, 5) is 0. The normalized spacial score (nSPS) is 28.5. The molecular weight excluding hydrogens is 206 g/mol. The molecule has 1 N–H and O–H groups in total. The number of nitrogens with one attached hydrogen (secondary N) is 1. The van der Waals surface area contributed by atoms with E-state index in [0.29, 0.717) is 12.1 Å². The Hall–Kier alpha value is -0.540. The molecule has 0 bridgehead atoms. The van der Waals surface area contributed by atoms with Crippen LogP contribution < -0.4 is 5.32 Å². The van der Waals surface area contributed by atoms with Crippen LogP contribution in [0.3, 0.4) is 0 Å². The Kier molecular flexibility index (Phi) is 3.03. The molecule has 1 aliphatic carbocycles. The zero-order valence-corrected chi connectivity index (χ0v) is 10.4. The van der Waals surface area contributed by atoms with Gasteiger partial charge in [-0.15, -0.1) is 0 Å². The summed E-state index contributed by atoms with van der Waals surface area (Å²) < 4.78 is 5.71. The molecule has 1 aromatic heterocycles. The van der Waals surface area contributed by atoms with Gasteiger partial charge in [0.25, 0.3) is 0 Å². The molecule has 0 amide bonds. The molecule has 0 aromatic carbocycles. The van der Waals surface area contributed by atoms with Crippen LogP contribution in [-0.2, 0) is 4.74 Å². The van der Waals surface area contributed by atoms with E-state index in [1.807, 2.05) is 0 Å². The topological polar surface area (TPSA) is 21.3 Å². The molecule has 1 fully saturated rings. The number of ether oxygens (including phenoxy) is 1. The first-order valence-corrected chi connectivity index (χ1v) is 6.49. The Bertz CT molecular complexity index is 307. The third-order valence-electron chi connectivity index (χ3n) is 3.41. The van der Waals surface area contributed by atoms with Crippen LogP contribution in [0.2, 0.25) is 0 Å². The van der Waals surface area contributed by atoms with Gasteiger partial charge in [0.15, 0.2) is 0 Å². The van der Waals surface area contributed by atoms with E-state index in [1.54, 1.807) is 11.3 Å². The van der Waals surface area contributed by atoms with Gasteiger partial charge in [0, 0.05) is 29.1 Å². The molecule has 0 radical (unpaired) electrons. The minimum absolute atomic E-state index is 0.248. The van der Waals surface area contributed by atoms with Crippen molar-refractivity contribution in [3.05, 3.63) is 16.8 Å². The molecular formula is C12H19NOS. The van der Waals surface area contributed by atoms with Crippen LogP contribution >= 0.6 is 11.3 Å². The minimum atomic E-state index is 0.248. The smallest absolute Gasteiger partial charge is 0.0665 e. The monoisotopic (exact) mass is 225 g/mol. The molecule has 0 saturated heterocycles. The second-order valence-electron chi connectivity index (χ2n) is 4.71. The highest BCUT2D eigenvalue weighted by Crippen LogP contribution is 2.44. The third-order valence-corrected chi connectivity index (χ3v) is 4.09. The van der Waals surface area contributed by atoms with Crippen LogP contribution in [0.4, 0.5) is 5.69 Å². The number of anilines is 1. The maximum Gasteiger partial charge on any atom is 0.0665 e. The highest BCUT2D eigenvalue weighted by Gasteiger charge is 2.48. The summed E-state index contributed by atoms with van der Waals surface area (Å²) in [7, 11) is 0. The third kappa shape index (κ3) is 2.04. The summed E-state index contributed by atoms with van der Waals surface area (Å²) in [5, 5.41) is 7.83. The first kappa shape index (κ1) is 11.0. The van der Waals surface area contributed by atoms with Gasteiger partial charge in [-0.2, -0.15) is 11.3 Å². The number of hydrogen-bond acceptors (Lipinski definition) is 3. The fourth-order valence-electron chi connectivity index (χ4n) is 2.16. The summed E-state index contributed by atoms with van der Waals surface area (Å²) >= 11 is 1.73. The van der Waals surface area contributed by atoms with Gasteiger partial charge in [-0.05, 0) is 24.8 Å². The van der Waals surface area contributed by atoms with Gasteiger partial charge < -0.3 is 10.1 Å². The van der Waals surface area contributed by atoms with Crippen LogP contribution in [0, 0.1) is 5.41 Å². The lowest BCUT2D eigenvalue weighted by atomic mass is 9.64. The molecule has 1 heterocycles. The lowest BCUT2D eigenvalue weighted by molar-refractivity contribution is -0.0975. The van der Waals surface area contributed by atoms with E-state index in [1.165, 1.54) is 5.69 Å². The van der Waals surface area contributed by atoms with Crippen molar-refractivity contribution < 1.29 is 4.74 Å².